The van der Waals surface area contributed by atoms with Gasteiger partial charge in [0.25, 0.3) is 0 Å². The van der Waals surface area contributed by atoms with Gasteiger partial charge in [0.15, 0.2) is 0 Å². The molecule has 5 nitrogen and oxygen atoms in total. The van der Waals surface area contributed by atoms with Crippen molar-refractivity contribution in [3.05, 3.63) is 29.6 Å². The summed E-state index contributed by atoms with van der Waals surface area (Å²) in [6.45, 7) is 1.92. The maximum atomic E-state index is 10.2. The Bertz CT molecular complexity index is 335. The van der Waals surface area contributed by atoms with Crippen molar-refractivity contribution in [3.8, 4) is 0 Å². The van der Waals surface area contributed by atoms with Gasteiger partial charge in [0.1, 0.15) is 0 Å². The molecule has 1 aromatic rings. The normalized spacial score (nSPS) is 10.2. The molecule has 1 aromatic heterocycles. The molecule has 1 rings (SSSR count). The van der Waals surface area contributed by atoms with Crippen LogP contribution < -0.4 is 11.2 Å². The Morgan fingerprint density at radius 2 is 2.46 bits per heavy atom. The van der Waals surface area contributed by atoms with Crippen LogP contribution >= 0.6 is 0 Å². The number of carbonyl (C=O) groups is 1. The number of hydrogen-bond acceptors (Lipinski definition) is 3. The van der Waals surface area contributed by atoms with E-state index in [9.17, 15) is 4.79 Å². The summed E-state index contributed by atoms with van der Waals surface area (Å²) in [5, 5.41) is 3.59. The Morgan fingerprint density at radius 3 is 3.08 bits per heavy atom. The lowest BCUT2D eigenvalue weighted by Crippen LogP contribution is -2.24. The fourth-order valence-electron chi connectivity index (χ4n) is 0.819. The van der Waals surface area contributed by atoms with Gasteiger partial charge in [-0.25, -0.2) is 10.2 Å². The third kappa shape index (κ3) is 3.33. The molecule has 0 fully saturated rings. The number of rotatable bonds is 2. The van der Waals surface area contributed by atoms with Crippen LogP contribution in [0.15, 0.2) is 23.6 Å². The van der Waals surface area contributed by atoms with Crippen LogP contribution in [0, 0.1) is 6.92 Å². The molecule has 0 unspecified atom stereocenters. The van der Waals surface area contributed by atoms with E-state index in [2.05, 4.69) is 15.5 Å². The minimum absolute atomic E-state index is 0.683. The third-order valence-corrected chi connectivity index (χ3v) is 1.28. The zero-order valence-corrected chi connectivity index (χ0v) is 7.19. The van der Waals surface area contributed by atoms with Crippen LogP contribution in [0.3, 0.4) is 0 Å². The van der Waals surface area contributed by atoms with Gasteiger partial charge in [-0.3, -0.25) is 4.98 Å². The second-order valence-electron chi connectivity index (χ2n) is 2.53. The SMILES string of the molecule is Cc1cncc(/C=N/NC(N)=O)c1. The Morgan fingerprint density at radius 1 is 1.69 bits per heavy atom. The molecule has 0 bridgehead atoms. The number of primary amides is 1. The van der Waals surface area contributed by atoms with Crippen molar-refractivity contribution in [2.24, 2.45) is 10.8 Å². The molecule has 0 aromatic carbocycles. The maximum absolute atomic E-state index is 10.2. The van der Waals surface area contributed by atoms with Crippen LogP contribution in [0.5, 0.6) is 0 Å². The van der Waals surface area contributed by atoms with Gasteiger partial charge in [-0.1, -0.05) is 0 Å². The van der Waals surface area contributed by atoms with Gasteiger partial charge in [0, 0.05) is 18.0 Å². The highest BCUT2D eigenvalue weighted by atomic mass is 16.2. The minimum atomic E-state index is -0.683. The molecule has 0 aliphatic heterocycles. The summed E-state index contributed by atoms with van der Waals surface area (Å²) < 4.78 is 0. The van der Waals surface area contributed by atoms with Crippen LogP contribution in [-0.4, -0.2) is 17.2 Å². The summed E-state index contributed by atoms with van der Waals surface area (Å²) in [4.78, 5) is 14.2. The van der Waals surface area contributed by atoms with Gasteiger partial charge in [-0.15, -0.1) is 0 Å². The first-order valence-corrected chi connectivity index (χ1v) is 3.68. The molecular formula is C8H10N4O. The maximum Gasteiger partial charge on any atom is 0.332 e. The number of carbonyl (C=O) groups excluding carboxylic acids is 1. The van der Waals surface area contributed by atoms with E-state index >= 15 is 0 Å². The smallest absolute Gasteiger partial charge is 0.332 e. The predicted molar refractivity (Wildman–Crippen MR) is 49.3 cm³/mol. The molecule has 3 N–H and O–H groups in total. The molecule has 68 valence electrons. The number of hydrogen-bond donors (Lipinski definition) is 2. The third-order valence-electron chi connectivity index (χ3n) is 1.28. The quantitative estimate of drug-likeness (QED) is 0.507. The van der Waals surface area contributed by atoms with Gasteiger partial charge in [0.2, 0.25) is 0 Å². The predicted octanol–water partition coefficient (Wildman–Crippen LogP) is 0.392. The first-order valence-electron chi connectivity index (χ1n) is 3.68. The van der Waals surface area contributed by atoms with Gasteiger partial charge >= 0.3 is 6.03 Å². The largest absolute Gasteiger partial charge is 0.350 e. The van der Waals surface area contributed by atoms with E-state index in [1.807, 2.05) is 13.0 Å². The van der Waals surface area contributed by atoms with Crippen molar-refractivity contribution in [3.63, 3.8) is 0 Å². The summed E-state index contributed by atoms with van der Waals surface area (Å²) >= 11 is 0. The molecule has 0 saturated carbocycles. The van der Waals surface area contributed by atoms with Crippen molar-refractivity contribution < 1.29 is 4.79 Å². The molecule has 0 radical (unpaired) electrons. The number of nitrogens with two attached hydrogens (primary N) is 1. The van der Waals surface area contributed by atoms with E-state index in [1.165, 1.54) is 6.21 Å². The second-order valence-corrected chi connectivity index (χ2v) is 2.53. The van der Waals surface area contributed by atoms with Crippen molar-refractivity contribution in [2.45, 2.75) is 6.92 Å². The monoisotopic (exact) mass is 178 g/mol. The van der Waals surface area contributed by atoms with E-state index < -0.39 is 6.03 Å². The van der Waals surface area contributed by atoms with Crippen molar-refractivity contribution in [2.75, 3.05) is 0 Å². The molecule has 0 saturated heterocycles. The first-order chi connectivity index (χ1) is 6.18. The number of amides is 2. The van der Waals surface area contributed by atoms with Crippen LogP contribution in [0.4, 0.5) is 4.79 Å². The van der Waals surface area contributed by atoms with Crippen LogP contribution in [0.1, 0.15) is 11.1 Å². The number of pyridine rings is 1. The molecule has 0 atom stereocenters. The fourth-order valence-corrected chi connectivity index (χ4v) is 0.819. The van der Waals surface area contributed by atoms with Gasteiger partial charge in [-0.2, -0.15) is 5.10 Å². The van der Waals surface area contributed by atoms with Gasteiger partial charge < -0.3 is 5.73 Å². The van der Waals surface area contributed by atoms with E-state index in [1.54, 1.807) is 12.4 Å². The number of hydrazone groups is 1. The summed E-state index contributed by atoms with van der Waals surface area (Å²) in [6, 6.07) is 1.20. The number of nitrogens with zero attached hydrogens (tertiary/aromatic N) is 2. The number of aromatic nitrogens is 1. The molecule has 13 heavy (non-hydrogen) atoms. The first kappa shape index (κ1) is 9.18. The Hall–Kier alpha value is -1.91. The Kier molecular flexibility index (Phi) is 2.97. The number of nitrogens with one attached hydrogen (secondary N) is 1. The average Bonchev–Trinajstić information content (AvgIpc) is 2.03. The molecule has 0 aliphatic rings. The molecule has 0 spiro atoms. The highest BCUT2D eigenvalue weighted by Gasteiger charge is 1.89. The molecule has 0 aliphatic carbocycles. The molecule has 1 heterocycles. The standard InChI is InChI=1S/C8H10N4O/c1-6-2-7(4-10-3-6)5-11-12-8(9)13/h2-5H,1H3,(H3,9,12,13)/b11-5+. The lowest BCUT2D eigenvalue weighted by molar-refractivity contribution is 0.249. The highest BCUT2D eigenvalue weighted by Crippen LogP contribution is 1.97. The fraction of sp³-hybridized carbons (Fsp3) is 0.125. The minimum Gasteiger partial charge on any atom is -0.350 e. The van der Waals surface area contributed by atoms with Gasteiger partial charge in [0.05, 0.1) is 6.21 Å². The topological polar surface area (TPSA) is 80.4 Å². The van der Waals surface area contributed by atoms with E-state index in [-0.39, 0.29) is 0 Å². The van der Waals surface area contributed by atoms with Crippen molar-refractivity contribution in [1.29, 1.82) is 0 Å². The zero-order valence-electron chi connectivity index (χ0n) is 7.19. The van der Waals surface area contributed by atoms with Crippen molar-refractivity contribution >= 4 is 12.2 Å². The summed E-state index contributed by atoms with van der Waals surface area (Å²) in [5.41, 5.74) is 8.75. The lowest BCUT2D eigenvalue weighted by atomic mass is 10.2. The second kappa shape index (κ2) is 4.20. The van der Waals surface area contributed by atoms with E-state index in [0.717, 1.165) is 11.1 Å². The number of aryl methyl sites for hydroxylation is 1. The molecular weight excluding hydrogens is 168 g/mol. The Balaban J connectivity index is 2.63. The van der Waals surface area contributed by atoms with Crippen LogP contribution in [0.2, 0.25) is 0 Å². The molecule has 2 amide bonds. The van der Waals surface area contributed by atoms with E-state index in [0.29, 0.717) is 0 Å². The van der Waals surface area contributed by atoms with Crippen molar-refractivity contribution in [1.82, 2.24) is 10.4 Å². The zero-order chi connectivity index (χ0) is 9.68. The Labute approximate surface area is 75.7 Å². The summed E-state index contributed by atoms with van der Waals surface area (Å²) in [7, 11) is 0. The molecule has 5 heteroatoms. The average molecular weight is 178 g/mol. The number of urea groups is 1. The van der Waals surface area contributed by atoms with E-state index in [4.69, 9.17) is 5.73 Å². The summed E-state index contributed by atoms with van der Waals surface area (Å²) in [5.74, 6) is 0. The summed E-state index contributed by atoms with van der Waals surface area (Å²) in [6.07, 6.45) is 4.85. The van der Waals surface area contributed by atoms with Crippen LogP contribution in [-0.2, 0) is 0 Å². The van der Waals surface area contributed by atoms with Gasteiger partial charge in [-0.05, 0) is 18.6 Å². The highest BCUT2D eigenvalue weighted by molar-refractivity contribution is 5.81. The van der Waals surface area contributed by atoms with Crippen LogP contribution in [0.25, 0.3) is 0 Å². The lowest BCUT2D eigenvalue weighted by Gasteiger charge is -1.94.